The van der Waals surface area contributed by atoms with Gasteiger partial charge >= 0.3 is 0 Å². The SMILES string of the molecule is Cc1cc(/N=C2\NC(=O)c3c(Cl)ccc(Cl)c32)c(C)cc1N. The molecule has 2 aromatic rings. The Morgan fingerprint density at radius 3 is 2.36 bits per heavy atom. The van der Waals surface area contributed by atoms with Crippen LogP contribution in [0.25, 0.3) is 0 Å². The minimum atomic E-state index is -0.300. The summed E-state index contributed by atoms with van der Waals surface area (Å²) < 4.78 is 0. The van der Waals surface area contributed by atoms with Crippen molar-refractivity contribution >= 4 is 46.3 Å². The van der Waals surface area contributed by atoms with E-state index in [9.17, 15) is 4.79 Å². The molecule has 0 fully saturated rings. The lowest BCUT2D eigenvalue weighted by molar-refractivity contribution is 0.0983. The number of carbonyl (C=O) groups is 1. The molecule has 22 heavy (non-hydrogen) atoms. The highest BCUT2D eigenvalue weighted by Gasteiger charge is 2.30. The zero-order chi connectivity index (χ0) is 16.0. The normalized spacial score (nSPS) is 15.1. The molecule has 112 valence electrons. The van der Waals surface area contributed by atoms with Gasteiger partial charge in [0, 0.05) is 5.69 Å². The maximum absolute atomic E-state index is 12.1. The molecular weight excluding hydrogens is 321 g/mol. The lowest BCUT2D eigenvalue weighted by Gasteiger charge is -2.07. The third-order valence-corrected chi connectivity index (χ3v) is 4.25. The van der Waals surface area contributed by atoms with Gasteiger partial charge in [-0.3, -0.25) is 4.79 Å². The van der Waals surface area contributed by atoms with Gasteiger partial charge in [-0.25, -0.2) is 4.99 Å². The lowest BCUT2D eigenvalue weighted by atomic mass is 10.1. The summed E-state index contributed by atoms with van der Waals surface area (Å²) in [6.45, 7) is 3.82. The molecule has 3 rings (SSSR count). The smallest absolute Gasteiger partial charge is 0.259 e. The number of rotatable bonds is 1. The highest BCUT2D eigenvalue weighted by molar-refractivity contribution is 6.42. The molecule has 0 bridgehead atoms. The highest BCUT2D eigenvalue weighted by Crippen LogP contribution is 2.33. The van der Waals surface area contributed by atoms with Crippen molar-refractivity contribution in [2.75, 3.05) is 5.73 Å². The molecular formula is C16H13Cl2N3O. The number of nitrogens with one attached hydrogen (secondary N) is 1. The Hall–Kier alpha value is -2.04. The van der Waals surface area contributed by atoms with E-state index in [4.69, 9.17) is 28.9 Å². The molecule has 1 heterocycles. The predicted molar refractivity (Wildman–Crippen MR) is 90.5 cm³/mol. The Labute approximate surface area is 137 Å². The molecule has 0 saturated heterocycles. The van der Waals surface area contributed by atoms with E-state index in [1.165, 1.54) is 0 Å². The number of nitrogen functional groups attached to an aromatic ring is 1. The van der Waals surface area contributed by atoms with Crippen LogP contribution >= 0.6 is 23.2 Å². The van der Waals surface area contributed by atoms with Crippen molar-refractivity contribution in [1.29, 1.82) is 0 Å². The number of amidine groups is 1. The van der Waals surface area contributed by atoms with Gasteiger partial charge in [0.2, 0.25) is 0 Å². The molecule has 0 spiro atoms. The Morgan fingerprint density at radius 2 is 1.68 bits per heavy atom. The number of nitrogens with zero attached hydrogens (tertiary/aromatic N) is 1. The van der Waals surface area contributed by atoms with Crippen molar-refractivity contribution in [3.8, 4) is 0 Å². The molecule has 0 aromatic heterocycles. The molecule has 3 N–H and O–H groups in total. The third kappa shape index (κ3) is 2.34. The molecule has 1 aliphatic rings. The minimum absolute atomic E-state index is 0.300. The first-order chi connectivity index (χ1) is 10.4. The van der Waals surface area contributed by atoms with Crippen molar-refractivity contribution < 1.29 is 4.79 Å². The molecule has 0 saturated carbocycles. The van der Waals surface area contributed by atoms with E-state index < -0.39 is 0 Å². The largest absolute Gasteiger partial charge is 0.399 e. The summed E-state index contributed by atoms with van der Waals surface area (Å²) in [6, 6.07) is 6.98. The number of fused-ring (bicyclic) bond motifs is 1. The van der Waals surface area contributed by atoms with Gasteiger partial charge in [0.05, 0.1) is 26.9 Å². The minimum Gasteiger partial charge on any atom is -0.399 e. The number of benzene rings is 2. The fraction of sp³-hybridized carbons (Fsp3) is 0.125. The van der Waals surface area contributed by atoms with Crippen LogP contribution in [0.4, 0.5) is 11.4 Å². The predicted octanol–water partition coefficient (Wildman–Crippen LogP) is 4.01. The van der Waals surface area contributed by atoms with Gasteiger partial charge in [0.25, 0.3) is 5.91 Å². The van der Waals surface area contributed by atoms with E-state index in [-0.39, 0.29) is 5.91 Å². The lowest BCUT2D eigenvalue weighted by Crippen LogP contribution is -2.21. The second-order valence-electron chi connectivity index (χ2n) is 5.19. The quantitative estimate of drug-likeness (QED) is 0.774. The van der Waals surface area contributed by atoms with Crippen molar-refractivity contribution in [1.82, 2.24) is 5.32 Å². The van der Waals surface area contributed by atoms with Gasteiger partial charge in [-0.1, -0.05) is 23.2 Å². The summed E-state index contributed by atoms with van der Waals surface area (Å²) in [5.41, 5.74) is 10.0. The van der Waals surface area contributed by atoms with Crippen LogP contribution in [-0.4, -0.2) is 11.7 Å². The average molecular weight is 334 g/mol. The standard InChI is InChI=1S/C16H13Cl2N3O/c1-7-6-12(8(2)5-11(7)19)20-15-13-9(17)3-4-10(18)14(13)16(22)21-15/h3-6H,19H2,1-2H3,(H,20,21,22). The molecule has 1 amide bonds. The average Bonchev–Trinajstić information content (AvgIpc) is 2.78. The van der Waals surface area contributed by atoms with Crippen molar-refractivity contribution in [2.24, 2.45) is 4.99 Å². The van der Waals surface area contributed by atoms with E-state index >= 15 is 0 Å². The summed E-state index contributed by atoms with van der Waals surface area (Å²) in [7, 11) is 0. The Kier molecular flexibility index (Phi) is 3.59. The number of hydrogen-bond donors (Lipinski definition) is 2. The number of nitrogens with two attached hydrogens (primary N) is 1. The van der Waals surface area contributed by atoms with Crippen LogP contribution in [0.2, 0.25) is 10.0 Å². The van der Waals surface area contributed by atoms with Crippen LogP contribution in [0.1, 0.15) is 27.0 Å². The summed E-state index contributed by atoms with van der Waals surface area (Å²) in [4.78, 5) is 16.6. The second-order valence-corrected chi connectivity index (χ2v) is 6.00. The Bertz CT molecular complexity index is 844. The monoisotopic (exact) mass is 333 g/mol. The number of amides is 1. The number of aliphatic imine (C=N–C) groups is 1. The number of carbonyl (C=O) groups excluding carboxylic acids is 1. The fourth-order valence-corrected chi connectivity index (χ4v) is 2.88. The topological polar surface area (TPSA) is 67.5 Å². The van der Waals surface area contributed by atoms with Crippen molar-refractivity contribution in [3.63, 3.8) is 0 Å². The van der Waals surface area contributed by atoms with Gasteiger partial charge in [-0.15, -0.1) is 0 Å². The maximum Gasteiger partial charge on any atom is 0.259 e. The number of aryl methyl sites for hydroxylation is 2. The molecule has 0 radical (unpaired) electrons. The summed E-state index contributed by atoms with van der Waals surface area (Å²) in [6.07, 6.45) is 0. The molecule has 6 heteroatoms. The fourth-order valence-electron chi connectivity index (χ4n) is 2.39. The van der Waals surface area contributed by atoms with Crippen molar-refractivity contribution in [3.05, 3.63) is 56.6 Å². The maximum atomic E-state index is 12.1. The van der Waals surface area contributed by atoms with E-state index in [2.05, 4.69) is 10.3 Å². The second kappa shape index (κ2) is 5.30. The number of anilines is 1. The van der Waals surface area contributed by atoms with Crippen LogP contribution in [0.3, 0.4) is 0 Å². The molecule has 0 aliphatic carbocycles. The first-order valence-electron chi connectivity index (χ1n) is 6.63. The van der Waals surface area contributed by atoms with Gasteiger partial charge < -0.3 is 11.1 Å². The summed E-state index contributed by atoms with van der Waals surface area (Å²) >= 11 is 12.3. The first-order valence-corrected chi connectivity index (χ1v) is 7.39. The zero-order valence-corrected chi connectivity index (χ0v) is 13.5. The van der Waals surface area contributed by atoms with Crippen LogP contribution in [-0.2, 0) is 0 Å². The van der Waals surface area contributed by atoms with E-state index in [1.54, 1.807) is 12.1 Å². The Morgan fingerprint density at radius 1 is 1.05 bits per heavy atom. The Balaban J connectivity index is 2.19. The van der Waals surface area contributed by atoms with Gasteiger partial charge in [0.1, 0.15) is 5.84 Å². The highest BCUT2D eigenvalue weighted by atomic mass is 35.5. The van der Waals surface area contributed by atoms with E-state index in [0.29, 0.717) is 32.7 Å². The molecule has 0 atom stereocenters. The summed E-state index contributed by atoms with van der Waals surface area (Å²) in [5.74, 6) is 0.103. The van der Waals surface area contributed by atoms with Crippen LogP contribution in [0.15, 0.2) is 29.3 Å². The van der Waals surface area contributed by atoms with Gasteiger partial charge in [0.15, 0.2) is 0 Å². The zero-order valence-electron chi connectivity index (χ0n) is 12.0. The molecule has 2 aromatic carbocycles. The first kappa shape index (κ1) is 14.9. The van der Waals surface area contributed by atoms with Gasteiger partial charge in [-0.2, -0.15) is 0 Å². The molecule has 0 unspecified atom stereocenters. The summed E-state index contributed by atoms with van der Waals surface area (Å²) in [5, 5.41) is 3.51. The van der Waals surface area contributed by atoms with Crippen LogP contribution in [0, 0.1) is 13.8 Å². The molecule has 1 aliphatic heterocycles. The third-order valence-electron chi connectivity index (χ3n) is 3.62. The number of halogens is 2. The van der Waals surface area contributed by atoms with Crippen LogP contribution < -0.4 is 11.1 Å². The molecule has 4 nitrogen and oxygen atoms in total. The van der Waals surface area contributed by atoms with Gasteiger partial charge in [-0.05, 0) is 49.2 Å². The van der Waals surface area contributed by atoms with E-state index in [1.807, 2.05) is 26.0 Å². The van der Waals surface area contributed by atoms with Crippen LogP contribution in [0.5, 0.6) is 0 Å². The van der Waals surface area contributed by atoms with Crippen molar-refractivity contribution in [2.45, 2.75) is 13.8 Å². The number of hydrogen-bond acceptors (Lipinski definition) is 3. The van der Waals surface area contributed by atoms with E-state index in [0.717, 1.165) is 16.8 Å².